The van der Waals surface area contributed by atoms with Crippen molar-refractivity contribution in [3.8, 4) is 0 Å². The molecule has 2 aliphatic carbocycles. The number of carbonyl (C=O) groups is 2. The van der Waals surface area contributed by atoms with Crippen LogP contribution >= 0.6 is 0 Å². The molecule has 1 saturated heterocycles. The normalized spacial score (nSPS) is 22.0. The van der Waals surface area contributed by atoms with Crippen molar-refractivity contribution < 1.29 is 28.5 Å². The van der Waals surface area contributed by atoms with Gasteiger partial charge >= 0.3 is 11.9 Å². The third kappa shape index (κ3) is 18.4. The van der Waals surface area contributed by atoms with Crippen LogP contribution in [0.2, 0.25) is 0 Å². The van der Waals surface area contributed by atoms with Gasteiger partial charge in [-0.1, -0.05) is 259 Å². The lowest BCUT2D eigenvalue weighted by atomic mass is 9.80. The maximum absolute atomic E-state index is 13.6. The van der Waals surface area contributed by atoms with Crippen molar-refractivity contribution in [1.82, 2.24) is 0 Å². The lowest BCUT2D eigenvalue weighted by Gasteiger charge is -2.37. The minimum Gasteiger partial charge on any atom is -0.456 e. The van der Waals surface area contributed by atoms with E-state index in [-0.39, 0.29) is 25.2 Å². The van der Waals surface area contributed by atoms with E-state index >= 15 is 0 Å². The Kier molecular flexibility index (Phi) is 24.5. The van der Waals surface area contributed by atoms with Crippen LogP contribution in [-0.2, 0) is 34.1 Å². The molecule has 7 atom stereocenters. The summed E-state index contributed by atoms with van der Waals surface area (Å²) in [5.74, 6) is 3.39. The van der Waals surface area contributed by atoms with Gasteiger partial charge in [-0.15, -0.1) is 0 Å². The Hall–Kier alpha value is -3.48. The topological polar surface area (TPSA) is 71.1 Å². The highest BCUT2D eigenvalue weighted by molar-refractivity contribution is 5.70. The Morgan fingerprint density at radius 3 is 1.22 bits per heavy atom. The van der Waals surface area contributed by atoms with E-state index in [0.29, 0.717) is 12.8 Å². The van der Waals surface area contributed by atoms with Crippen LogP contribution in [-0.4, -0.2) is 43.5 Å². The van der Waals surface area contributed by atoms with Gasteiger partial charge in [0.05, 0.1) is 13.2 Å². The first-order valence-electron chi connectivity index (χ1n) is 28.3. The number of hydrogen-bond donors (Lipinski definition) is 0. The van der Waals surface area contributed by atoms with E-state index < -0.39 is 23.9 Å². The summed E-state index contributed by atoms with van der Waals surface area (Å²) in [6.07, 6.45) is 34.9. The Balaban J connectivity index is 0.961. The van der Waals surface area contributed by atoms with Gasteiger partial charge in [0.25, 0.3) is 0 Å². The summed E-state index contributed by atoms with van der Waals surface area (Å²) in [6, 6.07) is 30.8. The molecule has 0 radical (unpaired) electrons. The second kappa shape index (κ2) is 31.0. The number of ether oxygens (including phenoxy) is 4. The molecular weight excluding hydrogens is 841 g/mol. The molecule has 3 aliphatic rings. The Morgan fingerprint density at radius 2 is 0.824 bits per heavy atom. The van der Waals surface area contributed by atoms with Gasteiger partial charge in [0.2, 0.25) is 0 Å². The van der Waals surface area contributed by atoms with E-state index in [2.05, 4.69) is 50.2 Å². The van der Waals surface area contributed by atoms with Crippen molar-refractivity contribution in [2.24, 2.45) is 23.7 Å². The predicted molar refractivity (Wildman–Crippen MR) is 278 cm³/mol. The number of hydrogen-bond acceptors (Lipinski definition) is 6. The van der Waals surface area contributed by atoms with Gasteiger partial charge < -0.3 is 18.9 Å². The second-order valence-corrected chi connectivity index (χ2v) is 21.2. The van der Waals surface area contributed by atoms with Gasteiger partial charge in [-0.3, -0.25) is 9.59 Å². The minimum atomic E-state index is -0.960. The zero-order valence-corrected chi connectivity index (χ0v) is 42.8. The van der Waals surface area contributed by atoms with Crippen LogP contribution in [0.3, 0.4) is 0 Å². The first-order chi connectivity index (χ1) is 33.5. The maximum Gasteiger partial charge on any atom is 0.306 e. The summed E-state index contributed by atoms with van der Waals surface area (Å²) >= 11 is 0. The van der Waals surface area contributed by atoms with Gasteiger partial charge in [-0.25, -0.2) is 0 Å². The Bertz CT molecular complexity index is 1680. The molecule has 3 aromatic carbocycles. The largest absolute Gasteiger partial charge is 0.456 e. The smallest absolute Gasteiger partial charge is 0.306 e. The van der Waals surface area contributed by atoms with Crippen molar-refractivity contribution in [1.29, 1.82) is 0 Å². The molecule has 0 amide bonds. The first-order valence-corrected chi connectivity index (χ1v) is 28.3. The summed E-state index contributed by atoms with van der Waals surface area (Å²) in [6.45, 7) is 4.87. The Labute approximate surface area is 413 Å². The van der Waals surface area contributed by atoms with E-state index in [1.54, 1.807) is 0 Å². The van der Waals surface area contributed by atoms with Crippen LogP contribution in [0.15, 0.2) is 91.0 Å². The fourth-order valence-electron chi connectivity index (χ4n) is 11.3. The molecule has 6 nitrogen and oxygen atoms in total. The van der Waals surface area contributed by atoms with Crippen LogP contribution in [0.4, 0.5) is 0 Å². The molecule has 1 aliphatic heterocycles. The summed E-state index contributed by atoms with van der Waals surface area (Å²) in [5, 5.41) is 0. The predicted octanol–water partition coefficient (Wildman–Crippen LogP) is 16.5. The third-order valence-corrected chi connectivity index (χ3v) is 15.7. The monoisotopic (exact) mass is 933 g/mol. The molecule has 6 rings (SSSR count). The van der Waals surface area contributed by atoms with Crippen molar-refractivity contribution in [2.45, 2.75) is 230 Å². The molecule has 0 aromatic heterocycles. The van der Waals surface area contributed by atoms with Crippen LogP contribution < -0.4 is 0 Å². The number of unbranched alkanes of at least 4 members (excludes halogenated alkanes) is 18. The summed E-state index contributed by atoms with van der Waals surface area (Å²) in [7, 11) is 0. The fourth-order valence-corrected chi connectivity index (χ4v) is 11.3. The molecule has 0 N–H and O–H groups in total. The highest BCUT2D eigenvalue weighted by atomic mass is 16.6. The minimum absolute atomic E-state index is 0.131. The quantitative estimate of drug-likeness (QED) is 0.0324. The molecule has 4 unspecified atom stereocenters. The SMILES string of the molecule is CCCCCCCCC1CC1CCCCCCCC(=O)O[C@@H]1[C@@H](OC(=O)CCCCCCCC2CC2CCCCCCCC)CO[C@@H]1COC(c1ccccc1)(c1ccccc1)c1ccccc1. The van der Waals surface area contributed by atoms with Crippen molar-refractivity contribution >= 4 is 11.9 Å². The summed E-state index contributed by atoms with van der Waals surface area (Å²) in [4.78, 5) is 27.0. The van der Waals surface area contributed by atoms with E-state index in [1.807, 2.05) is 54.6 Å². The zero-order valence-electron chi connectivity index (χ0n) is 42.8. The average Bonchev–Trinajstić information content (AvgIpc) is 4.28. The third-order valence-electron chi connectivity index (χ3n) is 15.7. The second-order valence-electron chi connectivity index (χ2n) is 21.2. The van der Waals surface area contributed by atoms with E-state index in [1.165, 1.54) is 141 Å². The molecular formula is C62H92O6. The van der Waals surface area contributed by atoms with Crippen LogP contribution in [0.25, 0.3) is 0 Å². The highest BCUT2D eigenvalue weighted by Crippen LogP contribution is 2.47. The van der Waals surface area contributed by atoms with Crippen molar-refractivity contribution in [2.75, 3.05) is 13.2 Å². The summed E-state index contributed by atoms with van der Waals surface area (Å²) in [5.41, 5.74) is 1.99. The molecule has 2 saturated carbocycles. The number of rotatable bonds is 38. The average molecular weight is 933 g/mol. The highest BCUT2D eigenvalue weighted by Gasteiger charge is 2.46. The molecule has 3 aromatic rings. The van der Waals surface area contributed by atoms with Gasteiger partial charge in [0, 0.05) is 12.8 Å². The van der Waals surface area contributed by atoms with Crippen molar-refractivity contribution in [3.63, 3.8) is 0 Å². The molecule has 6 heteroatoms. The van der Waals surface area contributed by atoms with E-state index in [9.17, 15) is 9.59 Å². The van der Waals surface area contributed by atoms with Gasteiger partial charge in [-0.2, -0.15) is 0 Å². The maximum atomic E-state index is 13.6. The van der Waals surface area contributed by atoms with Gasteiger partial charge in [0.15, 0.2) is 12.2 Å². The van der Waals surface area contributed by atoms with Gasteiger partial charge in [-0.05, 0) is 66.0 Å². The number of carbonyl (C=O) groups excluding carboxylic acids is 2. The first kappa shape index (κ1) is 53.9. The van der Waals surface area contributed by atoms with Crippen LogP contribution in [0.5, 0.6) is 0 Å². The number of benzene rings is 3. The Morgan fingerprint density at radius 1 is 0.471 bits per heavy atom. The lowest BCUT2D eigenvalue weighted by Crippen LogP contribution is -2.42. The molecule has 1 heterocycles. The van der Waals surface area contributed by atoms with E-state index in [4.69, 9.17) is 18.9 Å². The zero-order chi connectivity index (χ0) is 47.5. The lowest BCUT2D eigenvalue weighted by molar-refractivity contribution is -0.168. The molecule has 68 heavy (non-hydrogen) atoms. The van der Waals surface area contributed by atoms with E-state index in [0.717, 1.165) is 78.9 Å². The molecule has 3 fully saturated rings. The molecule has 0 spiro atoms. The summed E-state index contributed by atoms with van der Waals surface area (Å²) < 4.78 is 25.9. The van der Waals surface area contributed by atoms with Gasteiger partial charge in [0.1, 0.15) is 11.7 Å². The van der Waals surface area contributed by atoms with Crippen LogP contribution in [0.1, 0.15) is 223 Å². The number of esters is 2. The molecule has 0 bridgehead atoms. The standard InChI is InChI=1S/C62H92O6/c1-3-5-7-9-13-22-34-50-46-52(50)36-24-15-11-17-32-44-59(63)67-58-48-65-57(49-66-62(54-38-26-19-27-39-54,55-40-28-20-29-41-55)56-42-30-21-31-43-56)61(58)68-60(64)45-33-18-12-16-25-37-53-47-51(53)35-23-14-10-8-6-4-2/h19-21,26-31,38-43,50-53,57-58,61H,3-18,22-25,32-37,44-49H2,1-2H3/t50?,51?,52?,53?,57-,58+,61+/m1/s1. The molecule has 376 valence electrons. The van der Waals surface area contributed by atoms with Crippen LogP contribution in [0, 0.1) is 23.7 Å². The van der Waals surface area contributed by atoms with Crippen molar-refractivity contribution in [3.05, 3.63) is 108 Å². The fraction of sp³-hybridized carbons (Fsp3) is 0.677.